The molecule has 5 heteroatoms. The second-order valence-electron chi connectivity index (χ2n) is 4.47. The van der Waals surface area contributed by atoms with Crippen LogP contribution in [0, 0.1) is 25.5 Å². The fraction of sp³-hybridized carbons (Fsp3) is 0.133. The Morgan fingerprint density at radius 1 is 1.10 bits per heavy atom. The predicted octanol–water partition coefficient (Wildman–Crippen LogP) is 4.60. The van der Waals surface area contributed by atoms with Crippen molar-refractivity contribution in [3.8, 4) is 0 Å². The second kappa shape index (κ2) is 5.71. The highest BCUT2D eigenvalue weighted by molar-refractivity contribution is 9.10. The van der Waals surface area contributed by atoms with Gasteiger partial charge in [-0.2, -0.15) is 0 Å². The molecule has 0 unspecified atom stereocenters. The first-order valence-corrected chi connectivity index (χ1v) is 6.71. The average molecular weight is 340 g/mol. The first-order valence-electron chi connectivity index (χ1n) is 5.92. The van der Waals surface area contributed by atoms with Gasteiger partial charge in [-0.25, -0.2) is 8.78 Å². The SMILES string of the molecule is Cc1cc(C(=O)Nc2cccc(C)c2Br)c(F)cc1F. The van der Waals surface area contributed by atoms with Gasteiger partial charge in [0.1, 0.15) is 11.6 Å². The molecular formula is C15H12BrF2NO. The van der Waals surface area contributed by atoms with Gasteiger partial charge >= 0.3 is 0 Å². The van der Waals surface area contributed by atoms with Gasteiger partial charge in [0.25, 0.3) is 5.91 Å². The Labute approximate surface area is 123 Å². The van der Waals surface area contributed by atoms with Crippen molar-refractivity contribution in [1.29, 1.82) is 0 Å². The van der Waals surface area contributed by atoms with Crippen LogP contribution in [-0.4, -0.2) is 5.91 Å². The first kappa shape index (κ1) is 14.7. The van der Waals surface area contributed by atoms with E-state index in [2.05, 4.69) is 21.2 Å². The number of amides is 1. The summed E-state index contributed by atoms with van der Waals surface area (Å²) in [6, 6.07) is 7.27. The minimum absolute atomic E-state index is 0.183. The number of hydrogen-bond acceptors (Lipinski definition) is 1. The van der Waals surface area contributed by atoms with Gasteiger partial charge in [0, 0.05) is 10.5 Å². The van der Waals surface area contributed by atoms with E-state index in [1.807, 2.05) is 13.0 Å². The summed E-state index contributed by atoms with van der Waals surface area (Å²) in [6.45, 7) is 3.36. The Morgan fingerprint density at radius 2 is 1.80 bits per heavy atom. The summed E-state index contributed by atoms with van der Waals surface area (Å²) in [5.74, 6) is -2.16. The maximum atomic E-state index is 13.7. The molecule has 20 heavy (non-hydrogen) atoms. The molecule has 2 aromatic carbocycles. The van der Waals surface area contributed by atoms with E-state index in [-0.39, 0.29) is 11.1 Å². The Balaban J connectivity index is 2.33. The summed E-state index contributed by atoms with van der Waals surface area (Å²) >= 11 is 3.36. The van der Waals surface area contributed by atoms with Gasteiger partial charge in [-0.05, 0) is 53.0 Å². The van der Waals surface area contributed by atoms with E-state index < -0.39 is 17.5 Å². The van der Waals surface area contributed by atoms with E-state index in [0.29, 0.717) is 5.69 Å². The fourth-order valence-corrected chi connectivity index (χ4v) is 2.13. The highest BCUT2D eigenvalue weighted by Gasteiger charge is 2.16. The molecule has 0 aromatic heterocycles. The molecule has 0 radical (unpaired) electrons. The van der Waals surface area contributed by atoms with Gasteiger partial charge in [-0.1, -0.05) is 12.1 Å². The lowest BCUT2D eigenvalue weighted by molar-refractivity contribution is 0.102. The van der Waals surface area contributed by atoms with Crippen molar-refractivity contribution in [2.75, 3.05) is 5.32 Å². The number of nitrogens with one attached hydrogen (secondary N) is 1. The van der Waals surface area contributed by atoms with Gasteiger partial charge in [-0.3, -0.25) is 4.79 Å². The quantitative estimate of drug-likeness (QED) is 0.851. The van der Waals surface area contributed by atoms with E-state index in [1.54, 1.807) is 12.1 Å². The number of anilines is 1. The molecule has 0 aliphatic rings. The third-order valence-electron chi connectivity index (χ3n) is 2.93. The largest absolute Gasteiger partial charge is 0.321 e. The van der Waals surface area contributed by atoms with Crippen molar-refractivity contribution in [2.24, 2.45) is 0 Å². The van der Waals surface area contributed by atoms with Gasteiger partial charge in [0.15, 0.2) is 0 Å². The molecule has 2 aromatic rings. The molecule has 0 fully saturated rings. The molecule has 0 aliphatic heterocycles. The van der Waals surface area contributed by atoms with Gasteiger partial charge in [0.05, 0.1) is 11.3 Å². The van der Waals surface area contributed by atoms with Crippen LogP contribution in [-0.2, 0) is 0 Å². The van der Waals surface area contributed by atoms with E-state index in [0.717, 1.165) is 16.1 Å². The summed E-state index contributed by atoms with van der Waals surface area (Å²) in [5, 5.41) is 2.61. The lowest BCUT2D eigenvalue weighted by Crippen LogP contribution is -2.15. The number of benzene rings is 2. The zero-order chi connectivity index (χ0) is 14.9. The maximum absolute atomic E-state index is 13.7. The maximum Gasteiger partial charge on any atom is 0.258 e. The van der Waals surface area contributed by atoms with Crippen LogP contribution in [0.1, 0.15) is 21.5 Å². The first-order chi connectivity index (χ1) is 9.40. The smallest absolute Gasteiger partial charge is 0.258 e. The van der Waals surface area contributed by atoms with E-state index in [9.17, 15) is 13.6 Å². The monoisotopic (exact) mass is 339 g/mol. The Morgan fingerprint density at radius 3 is 2.50 bits per heavy atom. The van der Waals surface area contributed by atoms with Crippen LogP contribution in [0.25, 0.3) is 0 Å². The summed E-state index contributed by atoms with van der Waals surface area (Å²) in [6.07, 6.45) is 0. The molecule has 104 valence electrons. The third-order valence-corrected chi connectivity index (χ3v) is 3.99. The summed E-state index contributed by atoms with van der Waals surface area (Å²) in [5.41, 5.74) is 1.52. The highest BCUT2D eigenvalue weighted by Crippen LogP contribution is 2.26. The molecule has 0 atom stereocenters. The summed E-state index contributed by atoms with van der Waals surface area (Å²) in [4.78, 5) is 12.1. The molecule has 0 saturated carbocycles. The van der Waals surface area contributed by atoms with Crippen molar-refractivity contribution in [3.63, 3.8) is 0 Å². The standard InChI is InChI=1S/C15H12BrF2NO/c1-8-4-3-5-13(14(8)16)19-15(20)10-6-9(2)11(17)7-12(10)18/h3-7H,1-2H3,(H,19,20). The lowest BCUT2D eigenvalue weighted by atomic mass is 10.1. The number of aryl methyl sites for hydroxylation is 2. The molecule has 1 N–H and O–H groups in total. The predicted molar refractivity (Wildman–Crippen MR) is 77.9 cm³/mol. The van der Waals surface area contributed by atoms with Crippen LogP contribution < -0.4 is 5.32 Å². The number of hydrogen-bond donors (Lipinski definition) is 1. The molecule has 0 aliphatic carbocycles. The Bertz CT molecular complexity index is 686. The van der Waals surface area contributed by atoms with Crippen molar-refractivity contribution >= 4 is 27.5 Å². The minimum Gasteiger partial charge on any atom is -0.321 e. The second-order valence-corrected chi connectivity index (χ2v) is 5.26. The summed E-state index contributed by atoms with van der Waals surface area (Å²) in [7, 11) is 0. The van der Waals surface area contributed by atoms with Crippen molar-refractivity contribution in [1.82, 2.24) is 0 Å². The average Bonchev–Trinajstić information content (AvgIpc) is 2.39. The van der Waals surface area contributed by atoms with Crippen LogP contribution in [0.15, 0.2) is 34.8 Å². The van der Waals surface area contributed by atoms with Crippen molar-refractivity contribution in [3.05, 3.63) is 63.1 Å². The molecular weight excluding hydrogens is 328 g/mol. The van der Waals surface area contributed by atoms with Crippen molar-refractivity contribution in [2.45, 2.75) is 13.8 Å². The van der Waals surface area contributed by atoms with Crippen LogP contribution >= 0.6 is 15.9 Å². The topological polar surface area (TPSA) is 29.1 Å². The molecule has 0 heterocycles. The van der Waals surface area contributed by atoms with Gasteiger partial charge in [-0.15, -0.1) is 0 Å². The minimum atomic E-state index is -0.880. The number of carbonyl (C=O) groups excluding carboxylic acids is 1. The Kier molecular flexibility index (Phi) is 4.18. The number of halogens is 3. The molecule has 0 bridgehead atoms. The Hall–Kier alpha value is -1.75. The molecule has 1 amide bonds. The number of carbonyl (C=O) groups is 1. The lowest BCUT2D eigenvalue weighted by Gasteiger charge is -2.10. The van der Waals surface area contributed by atoms with Crippen LogP contribution in [0.5, 0.6) is 0 Å². The zero-order valence-electron chi connectivity index (χ0n) is 10.9. The molecule has 0 spiro atoms. The fourth-order valence-electron chi connectivity index (χ4n) is 1.76. The van der Waals surface area contributed by atoms with Gasteiger partial charge in [0.2, 0.25) is 0 Å². The summed E-state index contributed by atoms with van der Waals surface area (Å²) < 4.78 is 27.6. The van der Waals surface area contributed by atoms with Crippen LogP contribution in [0.3, 0.4) is 0 Å². The van der Waals surface area contributed by atoms with Crippen LogP contribution in [0.4, 0.5) is 14.5 Å². The van der Waals surface area contributed by atoms with Crippen LogP contribution in [0.2, 0.25) is 0 Å². The van der Waals surface area contributed by atoms with E-state index >= 15 is 0 Å². The zero-order valence-corrected chi connectivity index (χ0v) is 12.5. The highest BCUT2D eigenvalue weighted by atomic mass is 79.9. The molecule has 0 saturated heterocycles. The molecule has 2 rings (SSSR count). The molecule has 2 nitrogen and oxygen atoms in total. The normalized spacial score (nSPS) is 10.4. The third kappa shape index (κ3) is 2.88. The van der Waals surface area contributed by atoms with E-state index in [4.69, 9.17) is 0 Å². The van der Waals surface area contributed by atoms with Gasteiger partial charge < -0.3 is 5.32 Å². The van der Waals surface area contributed by atoms with E-state index in [1.165, 1.54) is 13.0 Å². The van der Waals surface area contributed by atoms with Crippen molar-refractivity contribution < 1.29 is 13.6 Å². The number of rotatable bonds is 2.